The second-order valence-electron chi connectivity index (χ2n) is 8.47. The number of piperidine rings is 1. The summed E-state index contributed by atoms with van der Waals surface area (Å²) in [5.74, 6) is 0.432. The van der Waals surface area contributed by atoms with Crippen LogP contribution in [0.2, 0.25) is 0 Å². The SMILES string of the molecule is CCOc1ccc(C(=O)NC(C(=O)N2CCC(OCc3ccccc3)CC2)C(C)C)cc1. The molecule has 0 saturated carbocycles. The van der Waals surface area contributed by atoms with Gasteiger partial charge in [-0.2, -0.15) is 0 Å². The van der Waals surface area contributed by atoms with E-state index >= 15 is 0 Å². The lowest BCUT2D eigenvalue weighted by molar-refractivity contribution is -0.137. The monoisotopic (exact) mass is 438 g/mol. The number of rotatable bonds is 9. The summed E-state index contributed by atoms with van der Waals surface area (Å²) in [4.78, 5) is 27.8. The summed E-state index contributed by atoms with van der Waals surface area (Å²) in [6, 6.07) is 16.5. The molecule has 0 aromatic heterocycles. The van der Waals surface area contributed by atoms with Crippen molar-refractivity contribution in [1.82, 2.24) is 10.2 Å². The highest BCUT2D eigenvalue weighted by molar-refractivity contribution is 5.97. The highest BCUT2D eigenvalue weighted by Crippen LogP contribution is 2.19. The van der Waals surface area contributed by atoms with Crippen LogP contribution in [0.5, 0.6) is 5.75 Å². The summed E-state index contributed by atoms with van der Waals surface area (Å²) >= 11 is 0. The predicted molar refractivity (Wildman–Crippen MR) is 125 cm³/mol. The number of ether oxygens (including phenoxy) is 2. The molecule has 1 atom stereocenters. The molecule has 0 aliphatic carbocycles. The van der Waals surface area contributed by atoms with Crippen molar-refractivity contribution in [3.8, 4) is 5.75 Å². The summed E-state index contributed by atoms with van der Waals surface area (Å²) in [6.45, 7) is 8.27. The number of carbonyl (C=O) groups is 2. The summed E-state index contributed by atoms with van der Waals surface area (Å²) in [5.41, 5.74) is 1.67. The molecule has 2 aromatic rings. The molecule has 172 valence electrons. The summed E-state index contributed by atoms with van der Waals surface area (Å²) in [5, 5.41) is 2.94. The van der Waals surface area contributed by atoms with Crippen LogP contribution in [0.15, 0.2) is 54.6 Å². The van der Waals surface area contributed by atoms with Crippen LogP contribution in [-0.2, 0) is 16.1 Å². The Labute approximate surface area is 190 Å². The average molecular weight is 439 g/mol. The maximum atomic E-state index is 13.2. The van der Waals surface area contributed by atoms with E-state index < -0.39 is 6.04 Å². The highest BCUT2D eigenvalue weighted by atomic mass is 16.5. The molecule has 6 heteroatoms. The van der Waals surface area contributed by atoms with E-state index in [9.17, 15) is 9.59 Å². The Morgan fingerprint density at radius 3 is 2.28 bits per heavy atom. The molecular formula is C26H34N2O4. The highest BCUT2D eigenvalue weighted by Gasteiger charge is 2.31. The zero-order chi connectivity index (χ0) is 22.9. The Morgan fingerprint density at radius 1 is 1.03 bits per heavy atom. The van der Waals surface area contributed by atoms with Crippen molar-refractivity contribution in [2.75, 3.05) is 19.7 Å². The minimum absolute atomic E-state index is 0.0128. The van der Waals surface area contributed by atoms with Gasteiger partial charge in [-0.3, -0.25) is 9.59 Å². The Hall–Kier alpha value is -2.86. The van der Waals surface area contributed by atoms with Crippen LogP contribution in [-0.4, -0.2) is 48.6 Å². The number of nitrogens with one attached hydrogen (secondary N) is 1. The molecule has 1 N–H and O–H groups in total. The largest absolute Gasteiger partial charge is 0.494 e. The Kier molecular flexibility index (Phi) is 8.68. The molecule has 32 heavy (non-hydrogen) atoms. The van der Waals surface area contributed by atoms with E-state index in [-0.39, 0.29) is 23.8 Å². The molecule has 1 aliphatic heterocycles. The molecule has 0 radical (unpaired) electrons. The van der Waals surface area contributed by atoms with E-state index in [4.69, 9.17) is 9.47 Å². The molecule has 0 bridgehead atoms. The van der Waals surface area contributed by atoms with Crippen molar-refractivity contribution >= 4 is 11.8 Å². The van der Waals surface area contributed by atoms with E-state index in [1.165, 1.54) is 0 Å². The summed E-state index contributed by atoms with van der Waals surface area (Å²) in [7, 11) is 0. The summed E-state index contributed by atoms with van der Waals surface area (Å²) < 4.78 is 11.5. The van der Waals surface area contributed by atoms with Crippen molar-refractivity contribution in [1.29, 1.82) is 0 Å². The molecule has 1 unspecified atom stereocenters. The minimum Gasteiger partial charge on any atom is -0.494 e. The predicted octanol–water partition coefficient (Wildman–Crippen LogP) is 4.05. The number of amides is 2. The lowest BCUT2D eigenvalue weighted by atomic mass is 9.99. The normalized spacial score (nSPS) is 15.4. The zero-order valence-electron chi connectivity index (χ0n) is 19.3. The van der Waals surface area contributed by atoms with Crippen LogP contribution >= 0.6 is 0 Å². The molecule has 1 fully saturated rings. The van der Waals surface area contributed by atoms with Gasteiger partial charge in [-0.15, -0.1) is 0 Å². The molecular weight excluding hydrogens is 404 g/mol. The zero-order valence-corrected chi connectivity index (χ0v) is 19.3. The lowest BCUT2D eigenvalue weighted by Crippen LogP contribution is -2.53. The maximum Gasteiger partial charge on any atom is 0.251 e. The molecule has 1 heterocycles. The van der Waals surface area contributed by atoms with E-state index in [2.05, 4.69) is 17.4 Å². The first-order valence-electron chi connectivity index (χ1n) is 11.5. The molecule has 2 amide bonds. The molecule has 2 aromatic carbocycles. The Bertz CT molecular complexity index is 859. The maximum absolute atomic E-state index is 13.2. The molecule has 3 rings (SSSR count). The van der Waals surface area contributed by atoms with Crippen LogP contribution in [0.25, 0.3) is 0 Å². The fraction of sp³-hybridized carbons (Fsp3) is 0.462. The van der Waals surface area contributed by atoms with Crippen molar-refractivity contribution in [3.05, 3.63) is 65.7 Å². The van der Waals surface area contributed by atoms with Crippen LogP contribution in [0.4, 0.5) is 0 Å². The lowest BCUT2D eigenvalue weighted by Gasteiger charge is -2.35. The fourth-order valence-corrected chi connectivity index (χ4v) is 3.84. The molecule has 0 spiro atoms. The first kappa shape index (κ1) is 23.8. The number of benzene rings is 2. The smallest absolute Gasteiger partial charge is 0.251 e. The topological polar surface area (TPSA) is 67.9 Å². The van der Waals surface area contributed by atoms with Gasteiger partial charge in [-0.1, -0.05) is 44.2 Å². The molecule has 1 saturated heterocycles. The number of hydrogen-bond donors (Lipinski definition) is 1. The quantitative estimate of drug-likeness (QED) is 0.641. The standard InChI is InChI=1S/C26H34N2O4/c1-4-31-22-12-10-21(11-13-22)25(29)27-24(19(2)3)26(30)28-16-14-23(15-17-28)32-18-20-8-6-5-7-9-20/h5-13,19,23-24H,4,14-18H2,1-3H3,(H,27,29). The van der Waals surface area contributed by atoms with Gasteiger partial charge in [-0.05, 0) is 55.5 Å². The third kappa shape index (κ3) is 6.57. The van der Waals surface area contributed by atoms with Crippen LogP contribution in [0, 0.1) is 5.92 Å². The van der Waals surface area contributed by atoms with Gasteiger partial charge in [0.2, 0.25) is 5.91 Å². The fourth-order valence-electron chi connectivity index (χ4n) is 3.84. The van der Waals surface area contributed by atoms with E-state index in [1.807, 2.05) is 43.9 Å². The van der Waals surface area contributed by atoms with Gasteiger partial charge >= 0.3 is 0 Å². The van der Waals surface area contributed by atoms with Gasteiger partial charge in [0.1, 0.15) is 11.8 Å². The first-order chi connectivity index (χ1) is 15.5. The number of likely N-dealkylation sites (tertiary alicyclic amines) is 1. The van der Waals surface area contributed by atoms with Crippen LogP contribution < -0.4 is 10.1 Å². The van der Waals surface area contributed by atoms with Gasteiger partial charge in [0, 0.05) is 18.7 Å². The Balaban J connectivity index is 1.52. The summed E-state index contributed by atoms with van der Waals surface area (Å²) in [6.07, 6.45) is 1.75. The van der Waals surface area contributed by atoms with Gasteiger partial charge in [-0.25, -0.2) is 0 Å². The van der Waals surface area contributed by atoms with Crippen molar-refractivity contribution < 1.29 is 19.1 Å². The van der Waals surface area contributed by atoms with Crippen molar-refractivity contribution in [2.24, 2.45) is 5.92 Å². The van der Waals surface area contributed by atoms with Crippen molar-refractivity contribution in [3.63, 3.8) is 0 Å². The van der Waals surface area contributed by atoms with E-state index in [0.717, 1.165) is 24.2 Å². The number of nitrogens with zero attached hydrogens (tertiary/aromatic N) is 1. The first-order valence-corrected chi connectivity index (χ1v) is 11.5. The molecule has 6 nitrogen and oxygen atoms in total. The Morgan fingerprint density at radius 2 is 1.69 bits per heavy atom. The average Bonchev–Trinajstić information content (AvgIpc) is 2.82. The van der Waals surface area contributed by atoms with Crippen LogP contribution in [0.1, 0.15) is 49.5 Å². The second kappa shape index (κ2) is 11.7. The van der Waals surface area contributed by atoms with Gasteiger partial charge in [0.05, 0.1) is 19.3 Å². The molecule has 1 aliphatic rings. The van der Waals surface area contributed by atoms with Gasteiger partial charge in [0.15, 0.2) is 0 Å². The second-order valence-corrected chi connectivity index (χ2v) is 8.47. The van der Waals surface area contributed by atoms with Gasteiger partial charge in [0.25, 0.3) is 5.91 Å². The van der Waals surface area contributed by atoms with E-state index in [0.29, 0.717) is 31.9 Å². The third-order valence-corrected chi connectivity index (χ3v) is 5.73. The van der Waals surface area contributed by atoms with Crippen molar-refractivity contribution in [2.45, 2.75) is 52.4 Å². The van der Waals surface area contributed by atoms with Gasteiger partial charge < -0.3 is 19.7 Å². The third-order valence-electron chi connectivity index (χ3n) is 5.73. The number of hydrogen-bond acceptors (Lipinski definition) is 4. The minimum atomic E-state index is -0.559. The van der Waals surface area contributed by atoms with E-state index in [1.54, 1.807) is 24.3 Å². The number of carbonyl (C=O) groups excluding carboxylic acids is 2. The van der Waals surface area contributed by atoms with Crippen LogP contribution in [0.3, 0.4) is 0 Å².